The van der Waals surface area contributed by atoms with Crippen LogP contribution in [0, 0.1) is 35.5 Å². The summed E-state index contributed by atoms with van der Waals surface area (Å²) < 4.78 is 0. The Balaban J connectivity index is 1.94. The molecule has 2 aliphatic carbocycles. The van der Waals surface area contributed by atoms with E-state index in [4.69, 9.17) is 17.3 Å². The molecule has 0 aliphatic heterocycles. The van der Waals surface area contributed by atoms with E-state index in [1.54, 1.807) is 0 Å². The Kier molecular flexibility index (Phi) is 6.23. The summed E-state index contributed by atoms with van der Waals surface area (Å²) in [6.45, 7) is 8.21. The summed E-state index contributed by atoms with van der Waals surface area (Å²) in [7, 11) is 0. The molecule has 5 unspecified atom stereocenters. The van der Waals surface area contributed by atoms with E-state index in [0.717, 1.165) is 36.1 Å². The molecule has 0 heterocycles. The van der Waals surface area contributed by atoms with Gasteiger partial charge in [-0.3, -0.25) is 0 Å². The van der Waals surface area contributed by atoms with E-state index in [2.05, 4.69) is 20.8 Å². The predicted molar refractivity (Wildman–Crippen MR) is 89.0 cm³/mol. The molecule has 2 fully saturated rings. The highest BCUT2D eigenvalue weighted by atomic mass is 35.5. The minimum absolute atomic E-state index is 0.451. The summed E-state index contributed by atoms with van der Waals surface area (Å²) in [5.41, 5.74) is 5.90. The molecule has 20 heavy (non-hydrogen) atoms. The Morgan fingerprint density at radius 2 is 1.60 bits per heavy atom. The van der Waals surface area contributed by atoms with E-state index in [1.807, 2.05) is 0 Å². The average Bonchev–Trinajstić information content (AvgIpc) is 2.47. The number of rotatable bonds is 4. The van der Waals surface area contributed by atoms with Gasteiger partial charge in [0.05, 0.1) is 0 Å². The lowest BCUT2D eigenvalue weighted by molar-refractivity contribution is 0.0728. The third-order valence-corrected chi connectivity index (χ3v) is 7.03. The van der Waals surface area contributed by atoms with Gasteiger partial charge in [-0.15, -0.1) is 11.6 Å². The van der Waals surface area contributed by atoms with Crippen LogP contribution in [-0.4, -0.2) is 11.9 Å². The minimum atomic E-state index is 0.451. The van der Waals surface area contributed by atoms with E-state index in [9.17, 15) is 0 Å². The molecule has 5 atom stereocenters. The summed E-state index contributed by atoms with van der Waals surface area (Å²) in [4.78, 5) is 0. The maximum absolute atomic E-state index is 6.27. The van der Waals surface area contributed by atoms with Crippen molar-refractivity contribution in [1.82, 2.24) is 0 Å². The van der Waals surface area contributed by atoms with Crippen LogP contribution in [0.25, 0.3) is 0 Å². The number of halogens is 1. The molecule has 2 saturated carbocycles. The molecule has 0 aromatic heterocycles. The summed E-state index contributed by atoms with van der Waals surface area (Å²) in [5, 5.41) is 0.451. The second-order valence-electron chi connectivity index (χ2n) is 7.80. The zero-order valence-corrected chi connectivity index (χ0v) is 14.4. The van der Waals surface area contributed by atoms with Gasteiger partial charge in [-0.1, -0.05) is 27.2 Å². The number of nitrogens with two attached hydrogens (primary N) is 1. The molecule has 118 valence electrons. The van der Waals surface area contributed by atoms with Gasteiger partial charge in [0.1, 0.15) is 0 Å². The largest absolute Gasteiger partial charge is 0.330 e. The van der Waals surface area contributed by atoms with Crippen LogP contribution in [0.15, 0.2) is 0 Å². The van der Waals surface area contributed by atoms with Crippen LogP contribution >= 0.6 is 11.6 Å². The van der Waals surface area contributed by atoms with Gasteiger partial charge >= 0.3 is 0 Å². The topological polar surface area (TPSA) is 26.0 Å². The van der Waals surface area contributed by atoms with E-state index < -0.39 is 0 Å². The molecule has 0 spiro atoms. The lowest BCUT2D eigenvalue weighted by atomic mass is 9.63. The molecule has 1 nitrogen and oxygen atoms in total. The van der Waals surface area contributed by atoms with E-state index in [1.165, 1.54) is 44.9 Å². The van der Waals surface area contributed by atoms with E-state index >= 15 is 0 Å². The van der Waals surface area contributed by atoms with Crippen LogP contribution in [0.4, 0.5) is 0 Å². The Bertz CT molecular complexity index is 285. The zero-order chi connectivity index (χ0) is 14.7. The van der Waals surface area contributed by atoms with Crippen molar-refractivity contribution in [3.63, 3.8) is 0 Å². The summed E-state index contributed by atoms with van der Waals surface area (Å²) in [5.74, 6) is 5.19. The number of hydrogen-bond donors (Lipinski definition) is 1. The first-order valence-corrected chi connectivity index (χ1v) is 9.30. The maximum Gasteiger partial charge on any atom is 0.0336 e. The van der Waals surface area contributed by atoms with Gasteiger partial charge in [0.25, 0.3) is 0 Å². The zero-order valence-electron chi connectivity index (χ0n) is 13.7. The van der Waals surface area contributed by atoms with Crippen molar-refractivity contribution >= 4 is 11.6 Å². The fourth-order valence-corrected chi connectivity index (χ4v) is 5.04. The molecule has 2 rings (SSSR count). The molecular formula is C18H34ClN. The Labute approximate surface area is 131 Å². The van der Waals surface area contributed by atoms with Crippen molar-refractivity contribution < 1.29 is 0 Å². The molecule has 0 saturated heterocycles. The third-order valence-electron chi connectivity index (χ3n) is 6.60. The lowest BCUT2D eigenvalue weighted by Crippen LogP contribution is -2.36. The van der Waals surface area contributed by atoms with Crippen LogP contribution in [0.2, 0.25) is 0 Å². The number of hydrogen-bond acceptors (Lipinski definition) is 1. The predicted octanol–water partition coefficient (Wildman–Crippen LogP) is 5.07. The van der Waals surface area contributed by atoms with Crippen LogP contribution in [0.1, 0.15) is 65.7 Å². The molecule has 2 aliphatic rings. The summed E-state index contributed by atoms with van der Waals surface area (Å²) in [6.07, 6.45) is 9.42. The van der Waals surface area contributed by atoms with Crippen LogP contribution in [0.5, 0.6) is 0 Å². The fourth-order valence-electron chi connectivity index (χ4n) is 4.79. The van der Waals surface area contributed by atoms with Crippen molar-refractivity contribution in [2.24, 2.45) is 41.2 Å². The molecule has 0 aromatic carbocycles. The number of alkyl halides is 1. The Morgan fingerprint density at radius 3 is 2.20 bits per heavy atom. The first-order chi connectivity index (χ1) is 9.52. The highest BCUT2D eigenvalue weighted by molar-refractivity contribution is 6.20. The van der Waals surface area contributed by atoms with Gasteiger partial charge in [-0.2, -0.15) is 0 Å². The quantitative estimate of drug-likeness (QED) is 0.721. The monoisotopic (exact) mass is 299 g/mol. The molecule has 2 heteroatoms. The molecule has 0 radical (unpaired) electrons. The van der Waals surface area contributed by atoms with Crippen LogP contribution in [-0.2, 0) is 0 Å². The molecular weight excluding hydrogens is 266 g/mol. The molecule has 2 N–H and O–H groups in total. The molecule has 0 aromatic rings. The minimum Gasteiger partial charge on any atom is -0.330 e. The highest BCUT2D eigenvalue weighted by Crippen LogP contribution is 2.45. The summed E-state index contributed by atoms with van der Waals surface area (Å²) >= 11 is 6.27. The van der Waals surface area contributed by atoms with Gasteiger partial charge in [0.2, 0.25) is 0 Å². The van der Waals surface area contributed by atoms with Gasteiger partial charge in [0, 0.05) is 5.38 Å². The van der Waals surface area contributed by atoms with Crippen LogP contribution < -0.4 is 5.73 Å². The standard InChI is InChI=1S/C18H34ClN/c1-12-4-5-16(13(2)11-20)10-18(12)14(3)15-6-8-17(19)9-7-15/h12-18H,4-11,20H2,1-3H3. The van der Waals surface area contributed by atoms with Crippen LogP contribution in [0.3, 0.4) is 0 Å². The van der Waals surface area contributed by atoms with Crippen molar-refractivity contribution in [3.8, 4) is 0 Å². The Hall–Kier alpha value is 0.250. The van der Waals surface area contributed by atoms with Crippen molar-refractivity contribution in [2.75, 3.05) is 6.54 Å². The molecule has 0 bridgehead atoms. The molecule has 0 amide bonds. The average molecular weight is 300 g/mol. The SMILES string of the molecule is CC(CN)C1CCC(C)C(C(C)C2CCC(Cl)CC2)C1. The van der Waals surface area contributed by atoms with Gasteiger partial charge < -0.3 is 5.73 Å². The summed E-state index contributed by atoms with van der Waals surface area (Å²) in [6, 6.07) is 0. The van der Waals surface area contributed by atoms with Gasteiger partial charge in [-0.05, 0) is 80.6 Å². The van der Waals surface area contributed by atoms with Crippen molar-refractivity contribution in [2.45, 2.75) is 71.1 Å². The maximum atomic E-state index is 6.27. The normalized spacial score (nSPS) is 42.1. The second kappa shape index (κ2) is 7.49. The highest BCUT2D eigenvalue weighted by Gasteiger charge is 2.37. The van der Waals surface area contributed by atoms with E-state index in [0.29, 0.717) is 11.3 Å². The van der Waals surface area contributed by atoms with E-state index in [-0.39, 0.29) is 0 Å². The fraction of sp³-hybridized carbons (Fsp3) is 1.00. The van der Waals surface area contributed by atoms with Crippen molar-refractivity contribution in [1.29, 1.82) is 0 Å². The van der Waals surface area contributed by atoms with Gasteiger partial charge in [0.15, 0.2) is 0 Å². The van der Waals surface area contributed by atoms with Gasteiger partial charge in [-0.25, -0.2) is 0 Å². The first-order valence-electron chi connectivity index (χ1n) is 8.87. The Morgan fingerprint density at radius 1 is 1.00 bits per heavy atom. The smallest absolute Gasteiger partial charge is 0.0336 e. The van der Waals surface area contributed by atoms with Crippen molar-refractivity contribution in [3.05, 3.63) is 0 Å². The lowest BCUT2D eigenvalue weighted by Gasteiger charge is -2.43. The first kappa shape index (κ1) is 16.6. The second-order valence-corrected chi connectivity index (χ2v) is 8.42. The third kappa shape index (κ3) is 3.91.